The number of rotatable bonds is 5. The molecule has 29 heavy (non-hydrogen) atoms. The van der Waals surface area contributed by atoms with Gasteiger partial charge in [-0.3, -0.25) is 4.79 Å². The van der Waals surface area contributed by atoms with Crippen molar-refractivity contribution >= 4 is 41.5 Å². The van der Waals surface area contributed by atoms with Gasteiger partial charge >= 0.3 is 0 Å². The lowest BCUT2D eigenvalue weighted by molar-refractivity contribution is 0.0963. The van der Waals surface area contributed by atoms with E-state index in [1.807, 2.05) is 43.3 Å². The van der Waals surface area contributed by atoms with Crippen LogP contribution in [0, 0.1) is 0 Å². The second kappa shape index (κ2) is 11.5. The Bertz CT molecular complexity index is 858. The van der Waals surface area contributed by atoms with Crippen LogP contribution in [-0.2, 0) is 6.54 Å². The number of nitrogens with zero attached hydrogens (tertiary/aromatic N) is 1. The summed E-state index contributed by atoms with van der Waals surface area (Å²) in [6, 6.07) is 13.2. The first-order valence-electron chi connectivity index (χ1n) is 9.45. The lowest BCUT2D eigenvalue weighted by Gasteiger charge is -2.14. The first-order valence-corrected chi connectivity index (χ1v) is 9.45. The molecule has 0 atom stereocenters. The van der Waals surface area contributed by atoms with E-state index in [1.54, 1.807) is 13.1 Å². The van der Waals surface area contributed by atoms with Gasteiger partial charge in [-0.05, 0) is 36.8 Å². The highest BCUT2D eigenvalue weighted by atomic mass is 127. The highest BCUT2D eigenvalue weighted by molar-refractivity contribution is 14.0. The maximum atomic E-state index is 11.8. The van der Waals surface area contributed by atoms with Gasteiger partial charge in [0, 0.05) is 37.3 Å². The second-order valence-corrected chi connectivity index (χ2v) is 6.31. The number of aliphatic imine (C=N–C) groups is 1. The number of benzene rings is 2. The number of fused-ring (bicyclic) bond motifs is 1. The summed E-state index contributed by atoms with van der Waals surface area (Å²) in [5.41, 5.74) is 2.44. The van der Waals surface area contributed by atoms with Gasteiger partial charge in [0.2, 0.25) is 0 Å². The zero-order chi connectivity index (χ0) is 19.8. The van der Waals surface area contributed by atoms with Crippen molar-refractivity contribution in [2.75, 3.05) is 32.1 Å². The van der Waals surface area contributed by atoms with Gasteiger partial charge in [0.05, 0.1) is 19.8 Å². The molecule has 0 fully saturated rings. The van der Waals surface area contributed by atoms with Gasteiger partial charge in [0.1, 0.15) is 0 Å². The Morgan fingerprint density at radius 2 is 1.90 bits per heavy atom. The molecule has 0 unspecified atom stereocenters. The third-order valence-corrected chi connectivity index (χ3v) is 4.19. The largest absolute Gasteiger partial charge is 0.490 e. The van der Waals surface area contributed by atoms with E-state index < -0.39 is 0 Å². The summed E-state index contributed by atoms with van der Waals surface area (Å²) in [4.78, 5) is 16.4. The molecule has 1 aliphatic rings. The van der Waals surface area contributed by atoms with Gasteiger partial charge in [-0.15, -0.1) is 24.0 Å². The van der Waals surface area contributed by atoms with Crippen LogP contribution in [0.15, 0.2) is 47.5 Å². The normalized spacial score (nSPS) is 13.0. The van der Waals surface area contributed by atoms with Crippen LogP contribution in [0.25, 0.3) is 0 Å². The molecule has 2 aromatic rings. The number of hydrogen-bond donors (Lipinski definition) is 3. The van der Waals surface area contributed by atoms with Gasteiger partial charge in [-0.1, -0.05) is 12.1 Å². The van der Waals surface area contributed by atoms with Gasteiger partial charge < -0.3 is 25.4 Å². The average Bonchev–Trinajstić information content (AvgIpc) is 2.97. The Morgan fingerprint density at radius 3 is 2.66 bits per heavy atom. The average molecular weight is 510 g/mol. The SMILES string of the molecule is CCNC(=NCc1cccc(C(=O)NC)c1)Nc1ccc2c(c1)OCCCO2.I. The molecule has 1 amide bonds. The molecule has 0 saturated heterocycles. The second-order valence-electron chi connectivity index (χ2n) is 6.31. The van der Waals surface area contributed by atoms with Gasteiger partial charge in [-0.25, -0.2) is 4.99 Å². The number of hydrogen-bond acceptors (Lipinski definition) is 4. The number of anilines is 1. The van der Waals surface area contributed by atoms with Crippen LogP contribution in [0.1, 0.15) is 29.3 Å². The summed E-state index contributed by atoms with van der Waals surface area (Å²) in [5, 5.41) is 9.16. The number of guanidine groups is 1. The zero-order valence-electron chi connectivity index (χ0n) is 16.7. The first-order chi connectivity index (χ1) is 13.7. The maximum Gasteiger partial charge on any atom is 0.251 e. The Balaban J connectivity index is 0.00000300. The highest BCUT2D eigenvalue weighted by Gasteiger charge is 2.11. The summed E-state index contributed by atoms with van der Waals surface area (Å²) < 4.78 is 11.4. The molecule has 0 spiro atoms. The van der Waals surface area contributed by atoms with Crippen molar-refractivity contribution in [1.29, 1.82) is 0 Å². The number of carbonyl (C=O) groups is 1. The smallest absolute Gasteiger partial charge is 0.251 e. The minimum atomic E-state index is -0.108. The molecule has 8 heteroatoms. The van der Waals surface area contributed by atoms with E-state index in [9.17, 15) is 4.79 Å². The Labute approximate surface area is 188 Å². The van der Waals surface area contributed by atoms with E-state index >= 15 is 0 Å². The number of halogens is 1. The van der Waals surface area contributed by atoms with Crippen molar-refractivity contribution in [3.63, 3.8) is 0 Å². The summed E-state index contributed by atoms with van der Waals surface area (Å²) in [5.74, 6) is 2.04. The van der Waals surface area contributed by atoms with Gasteiger partial charge in [-0.2, -0.15) is 0 Å². The molecular weight excluding hydrogens is 483 g/mol. The molecule has 2 aromatic carbocycles. The van der Waals surface area contributed by atoms with E-state index in [-0.39, 0.29) is 29.9 Å². The number of amides is 1. The Kier molecular flexibility index (Phi) is 9.04. The molecule has 0 aliphatic carbocycles. The van der Waals surface area contributed by atoms with Crippen LogP contribution in [0.3, 0.4) is 0 Å². The predicted octanol–water partition coefficient (Wildman–Crippen LogP) is 3.40. The van der Waals surface area contributed by atoms with Crippen LogP contribution in [0.4, 0.5) is 5.69 Å². The molecule has 3 N–H and O–H groups in total. The van der Waals surface area contributed by atoms with Crippen LogP contribution >= 0.6 is 24.0 Å². The van der Waals surface area contributed by atoms with Crippen LogP contribution in [0.5, 0.6) is 11.5 Å². The highest BCUT2D eigenvalue weighted by Crippen LogP contribution is 2.32. The lowest BCUT2D eigenvalue weighted by atomic mass is 10.1. The van der Waals surface area contributed by atoms with E-state index in [1.165, 1.54) is 0 Å². The monoisotopic (exact) mass is 510 g/mol. The molecule has 0 radical (unpaired) electrons. The fourth-order valence-corrected chi connectivity index (χ4v) is 2.81. The summed E-state index contributed by atoms with van der Waals surface area (Å²) in [6.07, 6.45) is 0.872. The quantitative estimate of drug-likeness (QED) is 0.326. The molecule has 1 aliphatic heterocycles. The van der Waals surface area contributed by atoms with Gasteiger partial charge in [0.15, 0.2) is 17.5 Å². The molecule has 7 nitrogen and oxygen atoms in total. The minimum Gasteiger partial charge on any atom is -0.490 e. The third-order valence-electron chi connectivity index (χ3n) is 4.19. The van der Waals surface area contributed by atoms with Crippen molar-refractivity contribution in [2.24, 2.45) is 4.99 Å². The van der Waals surface area contributed by atoms with Gasteiger partial charge in [0.25, 0.3) is 5.91 Å². The Morgan fingerprint density at radius 1 is 1.10 bits per heavy atom. The summed E-state index contributed by atoms with van der Waals surface area (Å²) in [6.45, 7) is 4.50. The molecule has 1 heterocycles. The molecule has 3 rings (SSSR count). The summed E-state index contributed by atoms with van der Waals surface area (Å²) in [7, 11) is 1.62. The molecule has 0 bridgehead atoms. The van der Waals surface area contributed by atoms with Crippen LogP contribution < -0.4 is 25.4 Å². The van der Waals surface area contributed by atoms with Crippen molar-refractivity contribution in [1.82, 2.24) is 10.6 Å². The number of carbonyl (C=O) groups excluding carboxylic acids is 1. The predicted molar refractivity (Wildman–Crippen MR) is 126 cm³/mol. The molecule has 0 saturated carbocycles. The van der Waals surface area contributed by atoms with E-state index in [0.29, 0.717) is 31.3 Å². The minimum absolute atomic E-state index is 0. The first kappa shape index (κ1) is 22.8. The Hall–Kier alpha value is -2.49. The molecular formula is C21H27IN4O3. The molecule has 0 aromatic heterocycles. The van der Waals surface area contributed by atoms with E-state index in [2.05, 4.69) is 20.9 Å². The zero-order valence-corrected chi connectivity index (χ0v) is 19.0. The third kappa shape index (κ3) is 6.52. The van der Waals surface area contributed by atoms with Crippen molar-refractivity contribution in [3.05, 3.63) is 53.6 Å². The van der Waals surface area contributed by atoms with Crippen LogP contribution in [0.2, 0.25) is 0 Å². The van der Waals surface area contributed by atoms with E-state index in [0.717, 1.165) is 35.7 Å². The fourth-order valence-electron chi connectivity index (χ4n) is 2.81. The van der Waals surface area contributed by atoms with E-state index in [4.69, 9.17) is 9.47 Å². The maximum absolute atomic E-state index is 11.8. The van der Waals surface area contributed by atoms with Crippen molar-refractivity contribution in [3.8, 4) is 11.5 Å². The fraction of sp³-hybridized carbons (Fsp3) is 0.333. The molecule has 156 valence electrons. The van der Waals surface area contributed by atoms with Crippen LogP contribution in [-0.4, -0.2) is 38.7 Å². The topological polar surface area (TPSA) is 84.0 Å². The number of nitrogens with one attached hydrogen (secondary N) is 3. The van der Waals surface area contributed by atoms with Crippen molar-refractivity contribution < 1.29 is 14.3 Å². The number of ether oxygens (including phenoxy) is 2. The standard InChI is InChI=1S/C21H26N4O3.HI/c1-3-23-21(24-14-15-6-4-7-16(12-15)20(26)22-2)25-17-8-9-18-19(13-17)28-11-5-10-27-18;/h4,6-9,12-13H,3,5,10-11,14H2,1-2H3,(H,22,26)(H2,23,24,25);1H. The summed E-state index contributed by atoms with van der Waals surface area (Å²) >= 11 is 0. The lowest BCUT2D eigenvalue weighted by Crippen LogP contribution is -2.30. The van der Waals surface area contributed by atoms with Crippen molar-refractivity contribution in [2.45, 2.75) is 19.9 Å².